The molecule has 0 aliphatic carbocycles. The molecule has 0 bridgehead atoms. The van der Waals surface area contributed by atoms with Gasteiger partial charge in [0.05, 0.1) is 0 Å². The van der Waals surface area contributed by atoms with Gasteiger partial charge in [-0.05, 0) is 24.8 Å². The minimum Gasteiger partial charge on any atom is -0.370 e. The minimum absolute atomic E-state index is 0.325. The number of halogens is 1. The van der Waals surface area contributed by atoms with E-state index in [0.717, 1.165) is 6.42 Å². The Hall–Kier alpha value is -0.430. The minimum atomic E-state index is -0.325. The van der Waals surface area contributed by atoms with E-state index in [1.807, 2.05) is 31.4 Å². The van der Waals surface area contributed by atoms with Crippen molar-refractivity contribution in [1.29, 1.82) is 0 Å². The number of alkyl halides is 1. The first-order valence-electron chi connectivity index (χ1n) is 3.08. The van der Waals surface area contributed by atoms with Gasteiger partial charge in [-0.2, -0.15) is 0 Å². The Bertz CT molecular complexity index is 151. The van der Waals surface area contributed by atoms with Crippen molar-refractivity contribution in [2.45, 2.75) is 18.3 Å². The number of dihydropyridines is 1. The fraction of sp³-hybridized carbons (Fsp3) is 0.429. The zero-order valence-corrected chi connectivity index (χ0v) is 6.15. The van der Waals surface area contributed by atoms with Crippen LogP contribution in [-0.2, 0) is 0 Å². The maximum atomic E-state index is 6.01. The number of rotatable bonds is 1. The molecule has 0 radical (unpaired) electrons. The second-order valence-electron chi connectivity index (χ2n) is 2.08. The van der Waals surface area contributed by atoms with Gasteiger partial charge in [-0.25, -0.2) is 0 Å². The van der Waals surface area contributed by atoms with Crippen molar-refractivity contribution < 1.29 is 0 Å². The monoisotopic (exact) mass is 143 g/mol. The standard InChI is InChI=1S/C7H10ClN/c1-2-7(8)5-3-4-6-9-7/h3-6,9H,2H2,1H3. The molecule has 0 saturated heterocycles. The molecule has 1 atom stereocenters. The Balaban J connectivity index is 2.63. The number of hydrogen-bond acceptors (Lipinski definition) is 1. The molecule has 0 saturated carbocycles. The summed E-state index contributed by atoms with van der Waals surface area (Å²) in [6.45, 7) is 2.05. The predicted molar refractivity (Wildman–Crippen MR) is 40.3 cm³/mol. The Morgan fingerprint density at radius 1 is 1.56 bits per heavy atom. The van der Waals surface area contributed by atoms with E-state index in [9.17, 15) is 0 Å². The average molecular weight is 144 g/mol. The Labute approximate surface area is 60.4 Å². The summed E-state index contributed by atoms with van der Waals surface area (Å²) in [4.78, 5) is -0.325. The lowest BCUT2D eigenvalue weighted by molar-refractivity contribution is 0.602. The molecule has 0 aromatic heterocycles. The van der Waals surface area contributed by atoms with Crippen LogP contribution < -0.4 is 5.32 Å². The molecule has 1 heterocycles. The molecule has 1 N–H and O–H groups in total. The van der Waals surface area contributed by atoms with E-state index < -0.39 is 0 Å². The lowest BCUT2D eigenvalue weighted by Gasteiger charge is -2.23. The fourth-order valence-corrected chi connectivity index (χ4v) is 0.854. The third-order valence-corrected chi connectivity index (χ3v) is 1.91. The molecule has 9 heavy (non-hydrogen) atoms. The average Bonchev–Trinajstić information content (AvgIpc) is 1.90. The smallest absolute Gasteiger partial charge is 0.130 e. The Kier molecular flexibility index (Phi) is 1.81. The lowest BCUT2D eigenvalue weighted by atomic mass is 10.2. The van der Waals surface area contributed by atoms with Gasteiger partial charge in [0, 0.05) is 0 Å². The maximum absolute atomic E-state index is 6.01. The van der Waals surface area contributed by atoms with E-state index in [2.05, 4.69) is 5.32 Å². The third-order valence-electron chi connectivity index (χ3n) is 1.41. The molecule has 0 fully saturated rings. The van der Waals surface area contributed by atoms with Crippen molar-refractivity contribution >= 4 is 11.6 Å². The van der Waals surface area contributed by atoms with E-state index in [4.69, 9.17) is 11.6 Å². The number of hydrogen-bond donors (Lipinski definition) is 1. The predicted octanol–water partition coefficient (Wildman–Crippen LogP) is 2.00. The van der Waals surface area contributed by atoms with Gasteiger partial charge in [0.2, 0.25) is 0 Å². The fourth-order valence-electron chi connectivity index (χ4n) is 0.718. The van der Waals surface area contributed by atoms with Gasteiger partial charge in [0.25, 0.3) is 0 Å². The molecule has 0 aromatic carbocycles. The molecule has 1 rings (SSSR count). The first-order valence-corrected chi connectivity index (χ1v) is 3.45. The van der Waals surface area contributed by atoms with E-state index in [1.165, 1.54) is 0 Å². The Morgan fingerprint density at radius 3 is 2.67 bits per heavy atom. The zero-order valence-electron chi connectivity index (χ0n) is 5.39. The molecular formula is C7H10ClN. The molecule has 1 aliphatic heterocycles. The highest BCUT2D eigenvalue weighted by atomic mass is 35.5. The summed E-state index contributed by atoms with van der Waals surface area (Å²) in [5, 5.41) is 3.04. The topological polar surface area (TPSA) is 12.0 Å². The van der Waals surface area contributed by atoms with Crippen molar-refractivity contribution in [3.63, 3.8) is 0 Å². The highest BCUT2D eigenvalue weighted by Crippen LogP contribution is 2.19. The highest BCUT2D eigenvalue weighted by Gasteiger charge is 2.19. The van der Waals surface area contributed by atoms with Gasteiger partial charge in [-0.15, -0.1) is 0 Å². The summed E-state index contributed by atoms with van der Waals surface area (Å²) in [5.74, 6) is 0. The summed E-state index contributed by atoms with van der Waals surface area (Å²) in [5.41, 5.74) is 0. The van der Waals surface area contributed by atoms with Crippen LogP contribution in [-0.4, -0.2) is 5.00 Å². The molecule has 2 heteroatoms. The van der Waals surface area contributed by atoms with Crippen molar-refractivity contribution in [3.8, 4) is 0 Å². The number of allylic oxidation sites excluding steroid dienone is 2. The molecule has 0 aromatic rings. The van der Waals surface area contributed by atoms with E-state index in [0.29, 0.717) is 0 Å². The van der Waals surface area contributed by atoms with E-state index in [1.54, 1.807) is 0 Å². The number of nitrogens with one attached hydrogen (secondary N) is 1. The third kappa shape index (κ3) is 1.49. The molecular weight excluding hydrogens is 134 g/mol. The van der Waals surface area contributed by atoms with Crippen LogP contribution in [0.5, 0.6) is 0 Å². The van der Waals surface area contributed by atoms with Crippen molar-refractivity contribution in [2.24, 2.45) is 0 Å². The van der Waals surface area contributed by atoms with Crippen LogP contribution >= 0.6 is 11.6 Å². The highest BCUT2D eigenvalue weighted by molar-refractivity contribution is 6.25. The van der Waals surface area contributed by atoms with Gasteiger partial charge < -0.3 is 5.32 Å². The second-order valence-corrected chi connectivity index (χ2v) is 2.75. The summed E-state index contributed by atoms with van der Waals surface area (Å²) < 4.78 is 0. The first kappa shape index (κ1) is 6.69. The molecule has 1 nitrogen and oxygen atoms in total. The van der Waals surface area contributed by atoms with E-state index in [-0.39, 0.29) is 5.00 Å². The van der Waals surface area contributed by atoms with Gasteiger partial charge in [-0.1, -0.05) is 24.6 Å². The SMILES string of the molecule is CCC1(Cl)C=CC=CN1. The second kappa shape index (κ2) is 2.44. The van der Waals surface area contributed by atoms with Crippen molar-refractivity contribution in [2.75, 3.05) is 0 Å². The Morgan fingerprint density at radius 2 is 2.33 bits per heavy atom. The molecule has 1 unspecified atom stereocenters. The molecule has 50 valence electrons. The lowest BCUT2D eigenvalue weighted by Crippen LogP contribution is -2.34. The largest absolute Gasteiger partial charge is 0.370 e. The van der Waals surface area contributed by atoms with Crippen LogP contribution in [0.4, 0.5) is 0 Å². The van der Waals surface area contributed by atoms with Crippen LogP contribution in [0.2, 0.25) is 0 Å². The van der Waals surface area contributed by atoms with Crippen molar-refractivity contribution in [1.82, 2.24) is 5.32 Å². The molecule has 1 aliphatic rings. The quantitative estimate of drug-likeness (QED) is 0.438. The molecule has 0 amide bonds. The van der Waals surface area contributed by atoms with Crippen LogP contribution in [0.25, 0.3) is 0 Å². The summed E-state index contributed by atoms with van der Waals surface area (Å²) in [6, 6.07) is 0. The first-order chi connectivity index (χ1) is 4.27. The van der Waals surface area contributed by atoms with Crippen LogP contribution in [0, 0.1) is 0 Å². The summed E-state index contributed by atoms with van der Waals surface area (Å²) in [7, 11) is 0. The van der Waals surface area contributed by atoms with Crippen LogP contribution in [0.15, 0.2) is 24.4 Å². The van der Waals surface area contributed by atoms with E-state index >= 15 is 0 Å². The summed E-state index contributed by atoms with van der Waals surface area (Å²) in [6.07, 6.45) is 8.59. The van der Waals surface area contributed by atoms with Crippen LogP contribution in [0.3, 0.4) is 0 Å². The van der Waals surface area contributed by atoms with Crippen molar-refractivity contribution in [3.05, 3.63) is 24.4 Å². The van der Waals surface area contributed by atoms with Gasteiger partial charge in [-0.3, -0.25) is 0 Å². The van der Waals surface area contributed by atoms with Crippen LogP contribution in [0.1, 0.15) is 13.3 Å². The normalized spacial score (nSPS) is 32.2. The van der Waals surface area contributed by atoms with Gasteiger partial charge in [0.15, 0.2) is 0 Å². The maximum Gasteiger partial charge on any atom is 0.130 e. The zero-order chi connectivity index (χ0) is 6.74. The summed E-state index contributed by atoms with van der Waals surface area (Å²) >= 11 is 6.01. The van der Waals surface area contributed by atoms with Gasteiger partial charge >= 0.3 is 0 Å². The van der Waals surface area contributed by atoms with Gasteiger partial charge in [0.1, 0.15) is 5.00 Å². The molecule has 0 spiro atoms.